The van der Waals surface area contributed by atoms with Gasteiger partial charge < -0.3 is 20.9 Å². The van der Waals surface area contributed by atoms with Gasteiger partial charge in [-0.2, -0.15) is 0 Å². The molecule has 0 atom stereocenters. The van der Waals surface area contributed by atoms with Crippen LogP contribution in [0.25, 0.3) is 0 Å². The minimum Gasteiger partial charge on any atom is -0.355 e. The summed E-state index contributed by atoms with van der Waals surface area (Å²) in [5.41, 5.74) is 1.36. The van der Waals surface area contributed by atoms with Gasteiger partial charge in [0.25, 0.3) is 11.8 Å². The van der Waals surface area contributed by atoms with E-state index in [4.69, 9.17) is 0 Å². The second kappa shape index (κ2) is 11.1. The number of piperidine rings is 1. The summed E-state index contributed by atoms with van der Waals surface area (Å²) in [4.78, 5) is 38.0. The average molecular weight is 425 g/mol. The molecule has 1 fully saturated rings. The molecule has 1 aliphatic rings. The normalized spacial score (nSPS) is 13.4. The van der Waals surface area contributed by atoms with Gasteiger partial charge in [-0.25, -0.2) is 0 Å². The molecule has 1 saturated heterocycles. The number of benzene rings is 1. The number of hydrogen-bond acceptors (Lipinski definition) is 6. The maximum atomic E-state index is 12.2. The van der Waals surface area contributed by atoms with Crippen LogP contribution in [0.3, 0.4) is 0 Å². The van der Waals surface area contributed by atoms with Gasteiger partial charge >= 0.3 is 0 Å². The van der Waals surface area contributed by atoms with Crippen molar-refractivity contribution in [3.63, 3.8) is 0 Å². The summed E-state index contributed by atoms with van der Waals surface area (Å²) in [5, 5.41) is 16.4. The lowest BCUT2D eigenvalue weighted by Crippen LogP contribution is -2.35. The number of rotatable bonds is 8. The van der Waals surface area contributed by atoms with Gasteiger partial charge in [-0.1, -0.05) is 6.92 Å². The molecule has 0 radical (unpaired) electrons. The molecule has 9 nitrogen and oxygen atoms in total. The SMILES string of the molecule is CCC(=O)Nc1ccc(C(=O)NCCNC(=O)c2ccc(N3CCCCC3)nn2)cc1. The highest BCUT2D eigenvalue weighted by Gasteiger charge is 2.14. The van der Waals surface area contributed by atoms with Crippen molar-refractivity contribution >= 4 is 29.2 Å². The lowest BCUT2D eigenvalue weighted by Gasteiger charge is -2.27. The molecular weight excluding hydrogens is 396 g/mol. The summed E-state index contributed by atoms with van der Waals surface area (Å²) < 4.78 is 0. The van der Waals surface area contributed by atoms with Crippen molar-refractivity contribution in [3.8, 4) is 0 Å². The van der Waals surface area contributed by atoms with Crippen molar-refractivity contribution in [2.24, 2.45) is 0 Å². The molecule has 3 amide bonds. The third-order valence-corrected chi connectivity index (χ3v) is 5.01. The quantitative estimate of drug-likeness (QED) is 0.558. The fourth-order valence-electron chi connectivity index (χ4n) is 3.24. The van der Waals surface area contributed by atoms with Crippen molar-refractivity contribution in [1.82, 2.24) is 20.8 Å². The monoisotopic (exact) mass is 424 g/mol. The topological polar surface area (TPSA) is 116 Å². The lowest BCUT2D eigenvalue weighted by atomic mass is 10.1. The highest BCUT2D eigenvalue weighted by atomic mass is 16.2. The molecule has 2 aromatic rings. The Balaban J connectivity index is 1.40. The van der Waals surface area contributed by atoms with Crippen LogP contribution in [0.15, 0.2) is 36.4 Å². The average Bonchev–Trinajstić information content (AvgIpc) is 2.82. The van der Waals surface area contributed by atoms with Gasteiger partial charge in [0.05, 0.1) is 0 Å². The van der Waals surface area contributed by atoms with Crippen molar-refractivity contribution in [2.45, 2.75) is 32.6 Å². The smallest absolute Gasteiger partial charge is 0.271 e. The van der Waals surface area contributed by atoms with Gasteiger partial charge in [0.15, 0.2) is 11.5 Å². The summed E-state index contributed by atoms with van der Waals surface area (Å²) in [6, 6.07) is 10.1. The van der Waals surface area contributed by atoms with E-state index < -0.39 is 0 Å². The number of nitrogens with zero attached hydrogens (tertiary/aromatic N) is 3. The third kappa shape index (κ3) is 6.50. The Morgan fingerprint density at radius 1 is 0.871 bits per heavy atom. The van der Waals surface area contributed by atoms with E-state index in [1.54, 1.807) is 37.3 Å². The summed E-state index contributed by atoms with van der Waals surface area (Å²) in [7, 11) is 0. The van der Waals surface area contributed by atoms with Crippen LogP contribution < -0.4 is 20.9 Å². The molecule has 3 N–H and O–H groups in total. The number of aromatic nitrogens is 2. The number of amides is 3. The number of carbonyl (C=O) groups excluding carboxylic acids is 3. The third-order valence-electron chi connectivity index (χ3n) is 5.01. The molecule has 164 valence electrons. The van der Waals surface area contributed by atoms with Crippen LogP contribution in [0.4, 0.5) is 11.5 Å². The minimum atomic E-state index is -0.331. The minimum absolute atomic E-state index is 0.0845. The fraction of sp³-hybridized carbons (Fsp3) is 0.409. The van der Waals surface area contributed by atoms with Gasteiger partial charge in [0.1, 0.15) is 0 Å². The molecule has 31 heavy (non-hydrogen) atoms. The van der Waals surface area contributed by atoms with E-state index in [0.717, 1.165) is 31.7 Å². The van der Waals surface area contributed by atoms with Crippen molar-refractivity contribution < 1.29 is 14.4 Å². The fourth-order valence-corrected chi connectivity index (χ4v) is 3.24. The van der Waals surface area contributed by atoms with Gasteiger partial charge in [0, 0.05) is 43.9 Å². The maximum Gasteiger partial charge on any atom is 0.271 e. The largest absolute Gasteiger partial charge is 0.355 e. The second-order valence-corrected chi connectivity index (χ2v) is 7.32. The van der Waals surface area contributed by atoms with Crippen LogP contribution in [0.1, 0.15) is 53.5 Å². The van der Waals surface area contributed by atoms with Crippen LogP contribution in [0.2, 0.25) is 0 Å². The van der Waals surface area contributed by atoms with Crippen LogP contribution in [-0.2, 0) is 4.79 Å². The maximum absolute atomic E-state index is 12.2. The number of anilines is 2. The lowest BCUT2D eigenvalue weighted by molar-refractivity contribution is -0.115. The van der Waals surface area contributed by atoms with Crippen LogP contribution in [-0.4, -0.2) is 54.1 Å². The molecule has 1 aromatic carbocycles. The first-order chi connectivity index (χ1) is 15.1. The summed E-state index contributed by atoms with van der Waals surface area (Å²) >= 11 is 0. The first-order valence-corrected chi connectivity index (χ1v) is 10.6. The zero-order chi connectivity index (χ0) is 22.1. The molecule has 1 aliphatic heterocycles. The Morgan fingerprint density at radius 2 is 1.55 bits per heavy atom. The van der Waals surface area contributed by atoms with Crippen LogP contribution in [0.5, 0.6) is 0 Å². The van der Waals surface area contributed by atoms with Gasteiger partial charge in [0.2, 0.25) is 5.91 Å². The molecular formula is C22H28N6O3. The van der Waals surface area contributed by atoms with E-state index in [9.17, 15) is 14.4 Å². The molecule has 1 aromatic heterocycles. The summed E-state index contributed by atoms with van der Waals surface area (Å²) in [5.74, 6) is 0.124. The number of hydrogen-bond donors (Lipinski definition) is 3. The first kappa shape index (κ1) is 22.2. The van der Waals surface area contributed by atoms with Crippen LogP contribution in [0, 0.1) is 0 Å². The summed E-state index contributed by atoms with van der Waals surface area (Å²) in [6.45, 7) is 4.25. The Hall–Kier alpha value is -3.49. The Morgan fingerprint density at radius 3 is 2.16 bits per heavy atom. The molecule has 9 heteroatoms. The van der Waals surface area contributed by atoms with Gasteiger partial charge in [-0.15, -0.1) is 10.2 Å². The molecule has 0 saturated carbocycles. The zero-order valence-corrected chi connectivity index (χ0v) is 17.7. The van der Waals surface area contributed by atoms with Gasteiger partial charge in [-0.05, 0) is 55.7 Å². The molecule has 0 bridgehead atoms. The Kier molecular flexibility index (Phi) is 7.91. The van der Waals surface area contributed by atoms with E-state index in [1.807, 2.05) is 6.07 Å². The number of carbonyl (C=O) groups is 3. The molecule has 3 rings (SSSR count). The summed E-state index contributed by atoms with van der Waals surface area (Å²) in [6.07, 6.45) is 3.93. The highest BCUT2D eigenvalue weighted by molar-refractivity contribution is 5.96. The molecule has 0 unspecified atom stereocenters. The predicted molar refractivity (Wildman–Crippen MR) is 118 cm³/mol. The Labute approximate surface area is 181 Å². The van der Waals surface area contributed by atoms with E-state index in [0.29, 0.717) is 17.7 Å². The second-order valence-electron chi connectivity index (χ2n) is 7.32. The highest BCUT2D eigenvalue weighted by Crippen LogP contribution is 2.16. The van der Waals surface area contributed by atoms with Crippen molar-refractivity contribution in [3.05, 3.63) is 47.7 Å². The van der Waals surface area contributed by atoms with Gasteiger partial charge in [-0.3, -0.25) is 14.4 Å². The van der Waals surface area contributed by atoms with E-state index in [-0.39, 0.29) is 36.5 Å². The van der Waals surface area contributed by atoms with Crippen LogP contribution >= 0.6 is 0 Å². The standard InChI is InChI=1S/C22H28N6O3/c1-2-20(29)25-17-8-6-16(7-9-17)21(30)23-12-13-24-22(31)18-10-11-19(27-26-18)28-14-4-3-5-15-28/h6-11H,2-5,12-15H2,1H3,(H,23,30)(H,24,31)(H,25,29). The van der Waals surface area contributed by atoms with E-state index in [2.05, 4.69) is 31.0 Å². The van der Waals surface area contributed by atoms with Crippen molar-refractivity contribution in [1.29, 1.82) is 0 Å². The Bertz CT molecular complexity index is 892. The predicted octanol–water partition coefficient (Wildman–Crippen LogP) is 1.98. The molecule has 0 aliphatic carbocycles. The van der Waals surface area contributed by atoms with Crippen molar-refractivity contribution in [2.75, 3.05) is 36.4 Å². The van der Waals surface area contributed by atoms with E-state index >= 15 is 0 Å². The molecule has 0 spiro atoms. The molecule has 2 heterocycles. The zero-order valence-electron chi connectivity index (χ0n) is 17.7. The first-order valence-electron chi connectivity index (χ1n) is 10.6. The number of nitrogens with one attached hydrogen (secondary N) is 3. The van der Waals surface area contributed by atoms with E-state index in [1.165, 1.54) is 6.42 Å².